The summed E-state index contributed by atoms with van der Waals surface area (Å²) in [5.74, 6) is 0.601. The lowest BCUT2D eigenvalue weighted by atomic mass is 9.97. The van der Waals surface area contributed by atoms with Crippen molar-refractivity contribution in [1.82, 2.24) is 10.6 Å². The van der Waals surface area contributed by atoms with Crippen molar-refractivity contribution >= 4 is 17.6 Å². The molecule has 0 unspecified atom stereocenters. The molecular formula is C16H23N3O3. The van der Waals surface area contributed by atoms with Gasteiger partial charge in [0.05, 0.1) is 5.69 Å². The van der Waals surface area contributed by atoms with Crippen LogP contribution in [0.25, 0.3) is 0 Å². The van der Waals surface area contributed by atoms with E-state index in [2.05, 4.69) is 31.4 Å². The maximum Gasteiger partial charge on any atom is 0.315 e. The summed E-state index contributed by atoms with van der Waals surface area (Å²) in [6, 6.07) is 5.36. The van der Waals surface area contributed by atoms with E-state index < -0.39 is 0 Å². The predicted molar refractivity (Wildman–Crippen MR) is 85.0 cm³/mol. The molecule has 1 aliphatic heterocycles. The van der Waals surface area contributed by atoms with E-state index in [4.69, 9.17) is 4.74 Å². The summed E-state index contributed by atoms with van der Waals surface area (Å²) in [5, 5.41) is 5.64. The molecule has 0 spiro atoms. The standard InChI is InChI=1S/C16H23N3O3/c1-16(2,3)10-18-15(21)17-8-11-5-6-13-12(7-11)19(4)14(20)9-22-13/h5-7H,8-10H2,1-4H3,(H2,17,18,21). The lowest BCUT2D eigenvalue weighted by molar-refractivity contribution is -0.120. The monoisotopic (exact) mass is 305 g/mol. The Kier molecular flexibility index (Phi) is 4.59. The van der Waals surface area contributed by atoms with E-state index in [1.807, 2.05) is 18.2 Å². The number of benzene rings is 1. The number of ether oxygens (including phenoxy) is 1. The predicted octanol–water partition coefficient (Wildman–Crippen LogP) is 1.89. The van der Waals surface area contributed by atoms with Gasteiger partial charge in [-0.25, -0.2) is 4.79 Å². The van der Waals surface area contributed by atoms with Crippen LogP contribution in [0.5, 0.6) is 5.75 Å². The molecule has 0 aliphatic carbocycles. The first-order valence-electron chi connectivity index (χ1n) is 7.30. The van der Waals surface area contributed by atoms with Crippen LogP contribution in [-0.2, 0) is 11.3 Å². The first-order valence-corrected chi connectivity index (χ1v) is 7.30. The van der Waals surface area contributed by atoms with Crippen LogP contribution in [0, 0.1) is 5.41 Å². The summed E-state index contributed by atoms with van der Waals surface area (Å²) in [5.41, 5.74) is 1.68. The van der Waals surface area contributed by atoms with Crippen molar-refractivity contribution in [2.45, 2.75) is 27.3 Å². The van der Waals surface area contributed by atoms with Crippen LogP contribution in [0.2, 0.25) is 0 Å². The molecule has 0 fully saturated rings. The first kappa shape index (κ1) is 16.1. The topological polar surface area (TPSA) is 70.7 Å². The number of rotatable bonds is 3. The van der Waals surface area contributed by atoms with Crippen LogP contribution in [0.3, 0.4) is 0 Å². The highest BCUT2D eigenvalue weighted by Gasteiger charge is 2.22. The number of nitrogens with zero attached hydrogens (tertiary/aromatic N) is 1. The number of carbonyl (C=O) groups excluding carboxylic acids is 2. The van der Waals surface area contributed by atoms with E-state index in [0.29, 0.717) is 18.8 Å². The Hall–Kier alpha value is -2.24. The smallest absolute Gasteiger partial charge is 0.315 e. The van der Waals surface area contributed by atoms with Crippen molar-refractivity contribution in [3.05, 3.63) is 23.8 Å². The number of carbonyl (C=O) groups is 2. The van der Waals surface area contributed by atoms with Crippen LogP contribution < -0.4 is 20.3 Å². The maximum absolute atomic E-state index is 11.8. The third kappa shape index (κ3) is 4.13. The van der Waals surface area contributed by atoms with Crippen molar-refractivity contribution in [1.29, 1.82) is 0 Å². The molecule has 0 saturated heterocycles. The van der Waals surface area contributed by atoms with Gasteiger partial charge in [0, 0.05) is 20.1 Å². The molecule has 22 heavy (non-hydrogen) atoms. The second-order valence-electron chi connectivity index (χ2n) is 6.64. The Labute approximate surface area is 130 Å². The van der Waals surface area contributed by atoms with Gasteiger partial charge in [0.15, 0.2) is 6.61 Å². The van der Waals surface area contributed by atoms with Crippen molar-refractivity contribution in [2.75, 3.05) is 25.1 Å². The van der Waals surface area contributed by atoms with Crippen molar-refractivity contribution in [3.8, 4) is 5.75 Å². The lowest BCUT2D eigenvalue weighted by Crippen LogP contribution is -2.39. The Bertz CT molecular complexity index is 578. The fourth-order valence-corrected chi connectivity index (χ4v) is 2.02. The minimum absolute atomic E-state index is 0.0452. The van der Waals surface area contributed by atoms with E-state index in [9.17, 15) is 9.59 Å². The Morgan fingerprint density at radius 1 is 1.32 bits per heavy atom. The van der Waals surface area contributed by atoms with E-state index in [0.717, 1.165) is 11.3 Å². The van der Waals surface area contributed by atoms with Crippen LogP contribution >= 0.6 is 0 Å². The Morgan fingerprint density at radius 3 is 2.73 bits per heavy atom. The summed E-state index contributed by atoms with van der Waals surface area (Å²) in [6.07, 6.45) is 0. The number of urea groups is 1. The van der Waals surface area contributed by atoms with E-state index in [1.165, 1.54) is 0 Å². The third-order valence-electron chi connectivity index (χ3n) is 3.34. The fraction of sp³-hybridized carbons (Fsp3) is 0.500. The Balaban J connectivity index is 1.94. The van der Waals surface area contributed by atoms with Gasteiger partial charge in [0.2, 0.25) is 0 Å². The molecule has 2 N–H and O–H groups in total. The molecule has 2 rings (SSSR count). The highest BCUT2D eigenvalue weighted by atomic mass is 16.5. The number of hydrogen-bond acceptors (Lipinski definition) is 3. The molecule has 0 atom stereocenters. The van der Waals surface area contributed by atoms with E-state index in [-0.39, 0.29) is 24.0 Å². The van der Waals surface area contributed by atoms with Gasteiger partial charge >= 0.3 is 6.03 Å². The van der Waals surface area contributed by atoms with Gasteiger partial charge in [-0.2, -0.15) is 0 Å². The minimum atomic E-state index is -0.201. The number of amides is 3. The second-order valence-corrected chi connectivity index (χ2v) is 6.64. The SMILES string of the molecule is CN1C(=O)COc2ccc(CNC(=O)NCC(C)(C)C)cc21. The van der Waals surface area contributed by atoms with Crippen LogP contribution in [0.15, 0.2) is 18.2 Å². The van der Waals surface area contributed by atoms with Crippen molar-refractivity contribution in [2.24, 2.45) is 5.41 Å². The van der Waals surface area contributed by atoms with Crippen molar-refractivity contribution in [3.63, 3.8) is 0 Å². The van der Waals surface area contributed by atoms with E-state index in [1.54, 1.807) is 11.9 Å². The number of anilines is 1. The van der Waals surface area contributed by atoms with Crippen LogP contribution in [0.1, 0.15) is 26.3 Å². The molecule has 1 heterocycles. The number of hydrogen-bond donors (Lipinski definition) is 2. The molecule has 1 aromatic carbocycles. The largest absolute Gasteiger partial charge is 0.482 e. The van der Waals surface area contributed by atoms with Gasteiger partial charge in [0.1, 0.15) is 5.75 Å². The molecule has 6 nitrogen and oxygen atoms in total. The van der Waals surface area contributed by atoms with Gasteiger partial charge in [-0.3, -0.25) is 4.79 Å². The zero-order valence-corrected chi connectivity index (χ0v) is 13.5. The van der Waals surface area contributed by atoms with E-state index >= 15 is 0 Å². The molecule has 3 amide bonds. The quantitative estimate of drug-likeness (QED) is 0.896. The summed E-state index contributed by atoms with van der Waals surface area (Å²) in [6.45, 7) is 7.24. The molecule has 0 aromatic heterocycles. The van der Waals surface area contributed by atoms with Crippen LogP contribution in [0.4, 0.5) is 10.5 Å². The molecule has 1 aromatic rings. The van der Waals surface area contributed by atoms with Crippen LogP contribution in [-0.4, -0.2) is 32.1 Å². The highest BCUT2D eigenvalue weighted by molar-refractivity contribution is 5.97. The second kappa shape index (κ2) is 6.25. The average molecular weight is 305 g/mol. The van der Waals surface area contributed by atoms with Gasteiger partial charge in [0.25, 0.3) is 5.91 Å². The highest BCUT2D eigenvalue weighted by Crippen LogP contribution is 2.31. The fourth-order valence-electron chi connectivity index (χ4n) is 2.02. The first-order chi connectivity index (χ1) is 10.3. The molecule has 0 radical (unpaired) electrons. The van der Waals surface area contributed by atoms with Gasteiger partial charge in [-0.15, -0.1) is 0 Å². The summed E-state index contributed by atoms with van der Waals surface area (Å²) in [4.78, 5) is 25.0. The molecular weight excluding hydrogens is 282 g/mol. The average Bonchev–Trinajstić information content (AvgIpc) is 2.46. The number of likely N-dealkylation sites (N-methyl/N-ethyl adjacent to an activating group) is 1. The molecule has 1 aliphatic rings. The zero-order chi connectivity index (χ0) is 16.3. The van der Waals surface area contributed by atoms with Gasteiger partial charge < -0.3 is 20.3 Å². The normalized spacial score (nSPS) is 14.2. The number of fused-ring (bicyclic) bond motifs is 1. The number of nitrogens with one attached hydrogen (secondary N) is 2. The Morgan fingerprint density at radius 2 is 2.05 bits per heavy atom. The van der Waals surface area contributed by atoms with Gasteiger partial charge in [-0.1, -0.05) is 26.8 Å². The maximum atomic E-state index is 11.8. The van der Waals surface area contributed by atoms with Crippen molar-refractivity contribution < 1.29 is 14.3 Å². The summed E-state index contributed by atoms with van der Waals surface area (Å²) >= 11 is 0. The molecule has 120 valence electrons. The lowest BCUT2D eigenvalue weighted by Gasteiger charge is -2.26. The third-order valence-corrected chi connectivity index (χ3v) is 3.34. The van der Waals surface area contributed by atoms with Gasteiger partial charge in [-0.05, 0) is 23.1 Å². The molecule has 0 bridgehead atoms. The molecule has 0 saturated carbocycles. The summed E-state index contributed by atoms with van der Waals surface area (Å²) in [7, 11) is 1.72. The molecule has 6 heteroatoms. The zero-order valence-electron chi connectivity index (χ0n) is 13.5. The minimum Gasteiger partial charge on any atom is -0.482 e. The summed E-state index contributed by atoms with van der Waals surface area (Å²) < 4.78 is 5.37.